The first-order valence-electron chi connectivity index (χ1n) is 16.5. The summed E-state index contributed by atoms with van der Waals surface area (Å²) in [6.45, 7) is 7.71. The van der Waals surface area contributed by atoms with Gasteiger partial charge in [0.05, 0.1) is 29.5 Å². The molecule has 13 nitrogen and oxygen atoms in total. The van der Waals surface area contributed by atoms with Gasteiger partial charge in [-0.05, 0) is 74.5 Å². The van der Waals surface area contributed by atoms with E-state index in [-0.39, 0.29) is 18.3 Å². The molecule has 15 heteroatoms. The van der Waals surface area contributed by atoms with Gasteiger partial charge < -0.3 is 29.1 Å². The topological polar surface area (TPSA) is 125 Å². The fourth-order valence-corrected chi connectivity index (χ4v) is 6.80. The van der Waals surface area contributed by atoms with Crippen LogP contribution in [0.5, 0.6) is 5.75 Å². The van der Waals surface area contributed by atoms with Crippen molar-refractivity contribution in [1.29, 1.82) is 0 Å². The molecule has 2 aliphatic heterocycles. The molecule has 2 saturated heterocycles. The molecule has 2 aliphatic rings. The lowest BCUT2D eigenvalue weighted by Crippen LogP contribution is -2.46. The van der Waals surface area contributed by atoms with Crippen LogP contribution in [-0.4, -0.2) is 85.8 Å². The van der Waals surface area contributed by atoms with Gasteiger partial charge in [-0.25, -0.2) is 23.7 Å². The lowest BCUT2D eigenvalue weighted by Gasteiger charge is -2.37. The number of hydrogen-bond acceptors (Lipinski definition) is 10. The Labute approximate surface area is 299 Å². The predicted molar refractivity (Wildman–Crippen MR) is 190 cm³/mol. The molecule has 0 spiro atoms. The second-order valence-electron chi connectivity index (χ2n) is 12.5. The Kier molecular flexibility index (Phi) is 9.84. The third kappa shape index (κ3) is 7.10. The summed E-state index contributed by atoms with van der Waals surface area (Å²) < 4.78 is 23.3. The molecule has 0 saturated carbocycles. The summed E-state index contributed by atoms with van der Waals surface area (Å²) in [6, 6.07) is 20.8. The molecular formula is C35H38Cl2N8O5. The van der Waals surface area contributed by atoms with Gasteiger partial charge in [0.1, 0.15) is 44.0 Å². The highest BCUT2D eigenvalue weighted by molar-refractivity contribution is 6.35. The molecule has 4 atom stereocenters. The number of hydrogen-bond donors (Lipinski definition) is 1. The molecular weight excluding hydrogens is 683 g/mol. The molecule has 5 aromatic rings. The van der Waals surface area contributed by atoms with Gasteiger partial charge in [-0.2, -0.15) is 10.2 Å². The van der Waals surface area contributed by atoms with Crippen molar-refractivity contribution in [2.24, 2.45) is 0 Å². The number of halogens is 2. The molecule has 0 radical (unpaired) electrons. The quantitative estimate of drug-likeness (QED) is 0.208. The highest BCUT2D eigenvalue weighted by Crippen LogP contribution is 2.40. The van der Waals surface area contributed by atoms with Crippen molar-refractivity contribution in [1.82, 2.24) is 29.1 Å². The molecule has 7 rings (SSSR count). The van der Waals surface area contributed by atoms with Crippen molar-refractivity contribution in [3.63, 3.8) is 0 Å². The summed E-state index contributed by atoms with van der Waals surface area (Å²) >= 11 is 12.7. The molecule has 4 heterocycles. The molecule has 0 amide bonds. The third-order valence-corrected chi connectivity index (χ3v) is 9.77. The summed E-state index contributed by atoms with van der Waals surface area (Å²) in [4.78, 5) is 21.6. The second-order valence-corrected chi connectivity index (χ2v) is 13.4. The Morgan fingerprint density at radius 2 is 1.58 bits per heavy atom. The Morgan fingerprint density at radius 3 is 2.20 bits per heavy atom. The van der Waals surface area contributed by atoms with E-state index >= 15 is 0 Å². The van der Waals surface area contributed by atoms with Crippen LogP contribution in [0.3, 0.4) is 0 Å². The van der Waals surface area contributed by atoms with E-state index in [4.69, 9.17) is 37.4 Å². The molecule has 0 unspecified atom stereocenters. The van der Waals surface area contributed by atoms with Crippen LogP contribution < -0.4 is 20.2 Å². The molecule has 262 valence electrons. The first kappa shape index (κ1) is 34.1. The third-order valence-electron chi connectivity index (χ3n) is 9.23. The van der Waals surface area contributed by atoms with Crippen molar-refractivity contribution in [3.8, 4) is 11.4 Å². The first-order chi connectivity index (χ1) is 24.2. The Morgan fingerprint density at radius 1 is 0.920 bits per heavy atom. The van der Waals surface area contributed by atoms with Crippen LogP contribution in [0, 0.1) is 0 Å². The summed E-state index contributed by atoms with van der Waals surface area (Å²) in [7, 11) is 0. The van der Waals surface area contributed by atoms with E-state index in [1.165, 1.54) is 21.9 Å². The normalized spacial score (nSPS) is 20.6. The predicted octanol–water partition coefficient (Wildman–Crippen LogP) is 4.55. The summed E-state index contributed by atoms with van der Waals surface area (Å²) in [5, 5.41) is 19.2. The van der Waals surface area contributed by atoms with Crippen LogP contribution in [0.1, 0.15) is 25.5 Å². The minimum atomic E-state index is -1.17. The average Bonchev–Trinajstić information content (AvgIpc) is 3.88. The van der Waals surface area contributed by atoms with E-state index in [9.17, 15) is 9.90 Å². The van der Waals surface area contributed by atoms with Crippen LogP contribution in [0.25, 0.3) is 5.69 Å². The van der Waals surface area contributed by atoms with Crippen molar-refractivity contribution >= 4 is 34.6 Å². The number of piperazine rings is 1. The molecule has 0 bridgehead atoms. The molecule has 1 N–H and O–H groups in total. The van der Waals surface area contributed by atoms with Crippen LogP contribution >= 0.6 is 23.2 Å². The van der Waals surface area contributed by atoms with Gasteiger partial charge in [0.15, 0.2) is 0 Å². The standard InChI is InChI=1S/C35H38Cl2N8O5/c1-24(25(2)46)45-34(47)44(23-40-45)29-6-4-27(5-7-29)41-13-15-42(16-14-41)28-8-10-30(11-9-28)48-18-31-19-49-35(50-31,20-43-22-38-21-39-43)32-12-3-26(36)17-33(32)37/h3-12,17,21-25,31,46H,13-16,18-20H2,1-2H3/t24-,25+,31+,35+/m1/s1. The van der Waals surface area contributed by atoms with E-state index in [2.05, 4.69) is 37.1 Å². The Balaban J connectivity index is 0.924. The monoisotopic (exact) mass is 720 g/mol. The van der Waals surface area contributed by atoms with Crippen LogP contribution in [0.2, 0.25) is 10.0 Å². The van der Waals surface area contributed by atoms with E-state index in [1.54, 1.807) is 37.0 Å². The van der Waals surface area contributed by atoms with Crippen molar-refractivity contribution in [2.45, 2.75) is 44.4 Å². The minimum Gasteiger partial charge on any atom is -0.491 e. The maximum atomic E-state index is 12.8. The SMILES string of the molecule is C[C@H](O)[C@@H](C)n1ncn(-c2ccc(N3CCN(c4ccc(OC[C@H]5CO[C@](Cn6cncn6)(c6ccc(Cl)cc6Cl)O5)cc4)CC3)cc2)c1=O. The smallest absolute Gasteiger partial charge is 0.350 e. The summed E-state index contributed by atoms with van der Waals surface area (Å²) in [5.41, 5.74) is 3.33. The average molecular weight is 722 g/mol. The molecule has 3 aromatic carbocycles. The Bertz CT molecular complexity index is 1940. The fraction of sp³-hybridized carbons (Fsp3) is 0.371. The van der Waals surface area contributed by atoms with Gasteiger partial charge in [0.2, 0.25) is 5.79 Å². The van der Waals surface area contributed by atoms with E-state index in [0.717, 1.165) is 49.0 Å². The number of aliphatic hydroxyl groups is 1. The highest BCUT2D eigenvalue weighted by atomic mass is 35.5. The van der Waals surface area contributed by atoms with Gasteiger partial charge in [-0.15, -0.1) is 0 Å². The molecule has 2 fully saturated rings. The number of anilines is 2. The van der Waals surface area contributed by atoms with Crippen molar-refractivity contribution in [2.75, 3.05) is 49.2 Å². The zero-order chi connectivity index (χ0) is 34.8. The number of aromatic nitrogens is 6. The summed E-state index contributed by atoms with van der Waals surface area (Å²) in [5.74, 6) is -0.432. The van der Waals surface area contributed by atoms with E-state index in [0.29, 0.717) is 28.8 Å². The molecule has 0 aliphatic carbocycles. The Hall–Kier alpha value is -4.40. The number of rotatable bonds is 11. The van der Waals surface area contributed by atoms with Crippen LogP contribution in [0.4, 0.5) is 11.4 Å². The number of benzene rings is 3. The number of nitrogens with zero attached hydrogens (tertiary/aromatic N) is 8. The molecule has 50 heavy (non-hydrogen) atoms. The zero-order valence-electron chi connectivity index (χ0n) is 27.7. The van der Waals surface area contributed by atoms with Crippen LogP contribution in [0.15, 0.2) is 90.5 Å². The minimum absolute atomic E-state index is 0.261. The van der Waals surface area contributed by atoms with Gasteiger partial charge in [-0.3, -0.25) is 0 Å². The van der Waals surface area contributed by atoms with Gasteiger partial charge in [0.25, 0.3) is 0 Å². The zero-order valence-corrected chi connectivity index (χ0v) is 29.2. The number of ether oxygens (including phenoxy) is 3. The number of aliphatic hydroxyl groups excluding tert-OH is 1. The van der Waals surface area contributed by atoms with Crippen molar-refractivity contribution in [3.05, 3.63) is 112 Å². The largest absolute Gasteiger partial charge is 0.491 e. The lowest BCUT2D eigenvalue weighted by molar-refractivity contribution is -0.190. The summed E-state index contributed by atoms with van der Waals surface area (Å²) in [6.07, 6.45) is 3.53. The maximum absolute atomic E-state index is 12.8. The highest BCUT2D eigenvalue weighted by Gasteiger charge is 2.45. The van der Waals surface area contributed by atoms with Crippen LogP contribution in [-0.2, 0) is 21.8 Å². The van der Waals surface area contributed by atoms with Gasteiger partial charge in [-0.1, -0.05) is 29.3 Å². The lowest BCUT2D eigenvalue weighted by atomic mass is 10.1. The van der Waals surface area contributed by atoms with E-state index in [1.807, 2.05) is 42.5 Å². The van der Waals surface area contributed by atoms with E-state index < -0.39 is 17.9 Å². The van der Waals surface area contributed by atoms with Gasteiger partial charge >= 0.3 is 5.69 Å². The maximum Gasteiger partial charge on any atom is 0.350 e. The molecule has 2 aromatic heterocycles. The second kappa shape index (κ2) is 14.4. The fourth-order valence-electron chi connectivity index (χ4n) is 6.25. The first-order valence-corrected chi connectivity index (χ1v) is 17.2. The van der Waals surface area contributed by atoms with Crippen molar-refractivity contribution < 1.29 is 19.3 Å². The van der Waals surface area contributed by atoms with Gasteiger partial charge in [0, 0.05) is 48.1 Å².